The molecule has 0 atom stereocenters. The fraction of sp³-hybridized carbons (Fsp3) is 0.500. The zero-order chi connectivity index (χ0) is 10.3. The summed E-state index contributed by atoms with van der Waals surface area (Å²) in [7, 11) is 4.00. The van der Waals surface area contributed by atoms with Crippen LogP contribution >= 0.6 is 11.3 Å². The molecule has 2 rings (SSSR count). The molecular formula is C8H12N4OS. The van der Waals surface area contributed by atoms with Gasteiger partial charge in [0.1, 0.15) is 0 Å². The van der Waals surface area contributed by atoms with Crippen LogP contribution in [0.25, 0.3) is 0 Å². The number of hydrogen-bond acceptors (Lipinski definition) is 5. The molecule has 0 radical (unpaired) electrons. The lowest BCUT2D eigenvalue weighted by atomic mass is 10.3. The highest BCUT2D eigenvalue weighted by Crippen LogP contribution is 2.25. The molecule has 0 saturated carbocycles. The van der Waals surface area contributed by atoms with Gasteiger partial charge >= 0.3 is 0 Å². The van der Waals surface area contributed by atoms with Crippen LogP contribution in [-0.2, 0) is 13.1 Å². The lowest BCUT2D eigenvalue weighted by Crippen LogP contribution is -2.39. The van der Waals surface area contributed by atoms with E-state index in [9.17, 15) is 4.79 Å². The number of carbonyl (C=O) groups excluding carboxylic acids is 1. The second-order valence-corrected chi connectivity index (χ2v) is 4.47. The molecule has 0 aromatic carbocycles. The first-order chi connectivity index (χ1) is 6.58. The monoisotopic (exact) mass is 212 g/mol. The summed E-state index contributed by atoms with van der Waals surface area (Å²) in [6, 6.07) is 0. The van der Waals surface area contributed by atoms with Gasteiger partial charge in [-0.15, -0.1) is 11.3 Å². The van der Waals surface area contributed by atoms with Crippen LogP contribution in [0.3, 0.4) is 0 Å². The highest BCUT2D eigenvalue weighted by Gasteiger charge is 2.23. The van der Waals surface area contributed by atoms with Crippen LogP contribution in [0.1, 0.15) is 20.4 Å². The summed E-state index contributed by atoms with van der Waals surface area (Å²) in [5, 5.41) is 4.57. The maximum atomic E-state index is 10.9. The van der Waals surface area contributed by atoms with E-state index in [0.29, 0.717) is 5.01 Å². The fourth-order valence-electron chi connectivity index (χ4n) is 1.40. The highest BCUT2D eigenvalue weighted by atomic mass is 32.1. The quantitative estimate of drug-likeness (QED) is 0.713. The van der Waals surface area contributed by atoms with Crippen LogP contribution in [0, 0.1) is 0 Å². The van der Waals surface area contributed by atoms with Crippen molar-refractivity contribution in [1.82, 2.24) is 15.0 Å². The number of rotatable bonds is 1. The van der Waals surface area contributed by atoms with Gasteiger partial charge in [-0.25, -0.2) is 15.0 Å². The molecule has 14 heavy (non-hydrogen) atoms. The predicted molar refractivity (Wildman–Crippen MR) is 53.6 cm³/mol. The minimum Gasteiger partial charge on any atom is -0.364 e. The smallest absolute Gasteiger partial charge is 0.277 e. The second kappa shape index (κ2) is 3.30. The summed E-state index contributed by atoms with van der Waals surface area (Å²) in [5.74, 6) is -0.435. The van der Waals surface area contributed by atoms with Crippen LogP contribution in [0.4, 0.5) is 0 Å². The van der Waals surface area contributed by atoms with Gasteiger partial charge in [0.05, 0.1) is 12.2 Å². The zero-order valence-corrected chi connectivity index (χ0v) is 8.97. The summed E-state index contributed by atoms with van der Waals surface area (Å²) < 4.78 is 0. The van der Waals surface area contributed by atoms with Gasteiger partial charge in [0, 0.05) is 25.5 Å². The highest BCUT2D eigenvalue weighted by molar-refractivity contribution is 7.13. The topological polar surface area (TPSA) is 62.5 Å². The first kappa shape index (κ1) is 9.57. The number of thiazole rings is 1. The molecule has 1 aromatic heterocycles. The van der Waals surface area contributed by atoms with E-state index in [1.165, 1.54) is 11.3 Å². The van der Waals surface area contributed by atoms with Crippen molar-refractivity contribution in [2.45, 2.75) is 13.1 Å². The summed E-state index contributed by atoms with van der Waals surface area (Å²) in [6.45, 7) is 1.55. The molecule has 1 aliphatic heterocycles. The third-order valence-electron chi connectivity index (χ3n) is 2.32. The second-order valence-electron chi connectivity index (χ2n) is 3.38. The van der Waals surface area contributed by atoms with Crippen molar-refractivity contribution in [3.05, 3.63) is 15.6 Å². The Bertz CT molecular complexity index is 348. The Morgan fingerprint density at radius 2 is 2.07 bits per heavy atom. The zero-order valence-electron chi connectivity index (χ0n) is 8.15. The normalized spacial score (nSPS) is 18.1. The minimum atomic E-state index is -0.435. The van der Waals surface area contributed by atoms with Gasteiger partial charge < -0.3 is 5.73 Å². The SMILES string of the molecule is CN1Cc2nc(C(N)=O)sc2CN1C. The molecule has 0 spiro atoms. The molecule has 0 bridgehead atoms. The molecule has 76 valence electrons. The van der Waals surface area contributed by atoms with E-state index in [1.807, 2.05) is 14.1 Å². The average Bonchev–Trinajstić information content (AvgIpc) is 2.48. The Labute approximate surface area is 86.1 Å². The Hall–Kier alpha value is -0.980. The first-order valence-corrected chi connectivity index (χ1v) is 5.10. The largest absolute Gasteiger partial charge is 0.364 e. The first-order valence-electron chi connectivity index (χ1n) is 4.28. The number of amides is 1. The van der Waals surface area contributed by atoms with Gasteiger partial charge in [-0.3, -0.25) is 4.79 Å². The van der Waals surface area contributed by atoms with Crippen LogP contribution in [-0.4, -0.2) is 35.0 Å². The van der Waals surface area contributed by atoms with E-state index in [1.54, 1.807) is 0 Å². The van der Waals surface area contributed by atoms with Crippen molar-refractivity contribution < 1.29 is 4.79 Å². The molecule has 1 aromatic rings. The number of nitrogens with zero attached hydrogens (tertiary/aromatic N) is 3. The number of hydrazine groups is 1. The Kier molecular flexibility index (Phi) is 2.26. The van der Waals surface area contributed by atoms with Gasteiger partial charge in [-0.2, -0.15) is 0 Å². The molecule has 1 aliphatic rings. The average molecular weight is 212 g/mol. The number of carbonyl (C=O) groups is 1. The molecule has 1 amide bonds. The van der Waals surface area contributed by atoms with E-state index in [-0.39, 0.29) is 0 Å². The number of primary amides is 1. The van der Waals surface area contributed by atoms with Crippen molar-refractivity contribution in [2.75, 3.05) is 14.1 Å². The summed E-state index contributed by atoms with van der Waals surface area (Å²) >= 11 is 1.40. The van der Waals surface area contributed by atoms with E-state index < -0.39 is 5.91 Å². The number of fused-ring (bicyclic) bond motifs is 1. The Balaban J connectivity index is 2.34. The standard InChI is InChI=1S/C8H12N4OS/c1-11-3-5-6(4-12(11)2)14-8(10-5)7(9)13/h3-4H2,1-2H3,(H2,9,13). The molecule has 2 N–H and O–H groups in total. The molecule has 0 fully saturated rings. The van der Waals surface area contributed by atoms with E-state index >= 15 is 0 Å². The van der Waals surface area contributed by atoms with Crippen LogP contribution in [0.5, 0.6) is 0 Å². The lowest BCUT2D eigenvalue weighted by molar-refractivity contribution is -0.00170. The summed E-state index contributed by atoms with van der Waals surface area (Å²) in [6.07, 6.45) is 0. The number of nitrogens with two attached hydrogens (primary N) is 1. The van der Waals surface area contributed by atoms with Crippen molar-refractivity contribution in [3.8, 4) is 0 Å². The van der Waals surface area contributed by atoms with Gasteiger partial charge in [-0.1, -0.05) is 0 Å². The van der Waals surface area contributed by atoms with Gasteiger partial charge in [0.25, 0.3) is 5.91 Å². The molecule has 0 saturated heterocycles. The van der Waals surface area contributed by atoms with Crippen molar-refractivity contribution >= 4 is 17.2 Å². The Morgan fingerprint density at radius 1 is 1.43 bits per heavy atom. The van der Waals surface area contributed by atoms with Crippen molar-refractivity contribution in [1.29, 1.82) is 0 Å². The van der Waals surface area contributed by atoms with E-state index in [2.05, 4.69) is 15.0 Å². The number of hydrogen-bond donors (Lipinski definition) is 1. The minimum absolute atomic E-state index is 0.415. The van der Waals surface area contributed by atoms with Crippen LogP contribution in [0.2, 0.25) is 0 Å². The van der Waals surface area contributed by atoms with Crippen LogP contribution in [0.15, 0.2) is 0 Å². The maximum absolute atomic E-state index is 10.9. The third-order valence-corrected chi connectivity index (χ3v) is 3.42. The summed E-state index contributed by atoms with van der Waals surface area (Å²) in [5.41, 5.74) is 6.15. The molecule has 0 unspecified atom stereocenters. The molecule has 5 nitrogen and oxygen atoms in total. The predicted octanol–water partition coefficient (Wildman–Crippen LogP) is 0.0342. The van der Waals surface area contributed by atoms with E-state index in [0.717, 1.165) is 23.7 Å². The van der Waals surface area contributed by atoms with Crippen molar-refractivity contribution in [3.63, 3.8) is 0 Å². The summed E-state index contributed by atoms with van der Waals surface area (Å²) in [4.78, 5) is 16.3. The number of aromatic nitrogens is 1. The third kappa shape index (κ3) is 1.52. The fourth-order valence-corrected chi connectivity index (χ4v) is 2.37. The van der Waals surface area contributed by atoms with Crippen molar-refractivity contribution in [2.24, 2.45) is 5.73 Å². The lowest BCUT2D eigenvalue weighted by Gasteiger charge is -2.31. The van der Waals surface area contributed by atoms with Gasteiger partial charge in [0.2, 0.25) is 0 Å². The van der Waals surface area contributed by atoms with Crippen LogP contribution < -0.4 is 5.73 Å². The molecule has 6 heteroatoms. The molecule has 0 aliphatic carbocycles. The van der Waals surface area contributed by atoms with E-state index in [4.69, 9.17) is 5.73 Å². The van der Waals surface area contributed by atoms with Gasteiger partial charge in [-0.05, 0) is 0 Å². The molecular weight excluding hydrogens is 200 g/mol. The molecule has 2 heterocycles. The van der Waals surface area contributed by atoms with Gasteiger partial charge in [0.15, 0.2) is 5.01 Å². The Morgan fingerprint density at radius 3 is 2.71 bits per heavy atom. The maximum Gasteiger partial charge on any atom is 0.277 e.